The Morgan fingerprint density at radius 2 is 1.97 bits per heavy atom. The van der Waals surface area contributed by atoms with Gasteiger partial charge in [0.1, 0.15) is 11.4 Å². The topological polar surface area (TPSA) is 69.1 Å². The van der Waals surface area contributed by atoms with E-state index < -0.39 is 0 Å². The number of amides is 1. The van der Waals surface area contributed by atoms with Crippen molar-refractivity contribution in [3.63, 3.8) is 0 Å². The quantitative estimate of drug-likeness (QED) is 0.772. The summed E-state index contributed by atoms with van der Waals surface area (Å²) in [5, 5.41) is 10.8. The van der Waals surface area contributed by atoms with E-state index in [0.29, 0.717) is 17.2 Å². The van der Waals surface area contributed by atoms with Crippen LogP contribution in [0.3, 0.4) is 0 Å². The Morgan fingerprint density at radius 1 is 1.15 bits per heavy atom. The Labute approximate surface area is 196 Å². The van der Waals surface area contributed by atoms with Crippen LogP contribution in [0.5, 0.6) is 11.5 Å². The molecule has 0 spiro atoms. The second-order valence-electron chi connectivity index (χ2n) is 10.2. The standard InChI is InChI=1S/C26H34N4O3/c1-26(2)16-20-8-9-21(23(31)24(20)33-26)25(32)30-11-5-6-19(18-30)17-28-12-14-29(15-13-28)22-7-3-4-10-27-22/h3-4,7-10,19,31H,5-6,11-18H2,1-2H3. The second kappa shape index (κ2) is 8.86. The van der Waals surface area contributed by atoms with Gasteiger partial charge in [0, 0.05) is 64.0 Å². The molecule has 5 rings (SSSR count). The zero-order valence-electron chi connectivity index (χ0n) is 19.7. The highest BCUT2D eigenvalue weighted by molar-refractivity contribution is 5.98. The molecule has 3 aliphatic rings. The Hall–Kier alpha value is -2.80. The summed E-state index contributed by atoms with van der Waals surface area (Å²) in [6, 6.07) is 9.75. The van der Waals surface area contributed by atoms with Crippen molar-refractivity contribution in [3.8, 4) is 11.5 Å². The summed E-state index contributed by atoms with van der Waals surface area (Å²) in [7, 11) is 0. The lowest BCUT2D eigenvalue weighted by molar-refractivity contribution is 0.0632. The van der Waals surface area contributed by atoms with Gasteiger partial charge in [-0.3, -0.25) is 9.69 Å². The molecule has 2 saturated heterocycles. The Bertz CT molecular complexity index is 1000. The molecule has 0 radical (unpaired) electrons. The molecule has 2 aromatic rings. The maximum Gasteiger partial charge on any atom is 0.257 e. The number of phenols is 1. The van der Waals surface area contributed by atoms with Crippen LogP contribution in [0.2, 0.25) is 0 Å². The van der Waals surface area contributed by atoms with E-state index in [1.54, 1.807) is 6.07 Å². The van der Waals surface area contributed by atoms with E-state index in [1.165, 1.54) is 0 Å². The predicted molar refractivity (Wildman–Crippen MR) is 128 cm³/mol. The molecule has 7 nitrogen and oxygen atoms in total. The smallest absolute Gasteiger partial charge is 0.257 e. The molecule has 1 N–H and O–H groups in total. The van der Waals surface area contributed by atoms with Gasteiger partial charge < -0.3 is 19.6 Å². The Morgan fingerprint density at radius 3 is 2.73 bits per heavy atom. The van der Waals surface area contributed by atoms with Crippen LogP contribution in [0.1, 0.15) is 42.6 Å². The minimum Gasteiger partial charge on any atom is -0.504 e. The number of likely N-dealkylation sites (tertiary alicyclic amines) is 1. The molecule has 1 aromatic heterocycles. The summed E-state index contributed by atoms with van der Waals surface area (Å²) in [5.74, 6) is 1.89. The lowest BCUT2D eigenvalue weighted by atomic mass is 9.95. The SMILES string of the molecule is CC1(C)Cc2ccc(C(=O)N3CCCC(CN4CCN(c5ccccn5)CC4)C3)c(O)c2O1. The lowest BCUT2D eigenvalue weighted by Gasteiger charge is -2.39. The number of hydrogen-bond acceptors (Lipinski definition) is 6. The maximum absolute atomic E-state index is 13.3. The number of aromatic nitrogens is 1. The molecule has 1 atom stereocenters. The fourth-order valence-electron chi connectivity index (χ4n) is 5.44. The summed E-state index contributed by atoms with van der Waals surface area (Å²) >= 11 is 0. The molecule has 0 bridgehead atoms. The van der Waals surface area contributed by atoms with E-state index in [4.69, 9.17) is 4.74 Å². The number of aromatic hydroxyl groups is 1. The van der Waals surface area contributed by atoms with E-state index >= 15 is 0 Å². The highest BCUT2D eigenvalue weighted by Crippen LogP contribution is 2.43. The van der Waals surface area contributed by atoms with Gasteiger partial charge in [0.2, 0.25) is 0 Å². The zero-order chi connectivity index (χ0) is 23.0. The minimum atomic E-state index is -0.349. The lowest BCUT2D eigenvalue weighted by Crippen LogP contribution is -2.50. The van der Waals surface area contributed by atoms with Gasteiger partial charge in [0.15, 0.2) is 11.5 Å². The fourth-order valence-corrected chi connectivity index (χ4v) is 5.44. The van der Waals surface area contributed by atoms with Gasteiger partial charge in [-0.1, -0.05) is 12.1 Å². The highest BCUT2D eigenvalue weighted by atomic mass is 16.5. The number of nitrogens with zero attached hydrogens (tertiary/aromatic N) is 4. The van der Waals surface area contributed by atoms with E-state index in [-0.39, 0.29) is 17.3 Å². The van der Waals surface area contributed by atoms with Crippen LogP contribution in [0.15, 0.2) is 36.5 Å². The van der Waals surface area contributed by atoms with Crippen LogP contribution in [0.4, 0.5) is 5.82 Å². The predicted octanol–water partition coefficient (Wildman–Crippen LogP) is 3.18. The molecule has 7 heteroatoms. The molecule has 4 heterocycles. The Balaban J connectivity index is 1.18. The molecular formula is C26H34N4O3. The molecule has 33 heavy (non-hydrogen) atoms. The van der Waals surface area contributed by atoms with Crippen molar-refractivity contribution in [2.75, 3.05) is 50.7 Å². The number of piperazine rings is 1. The van der Waals surface area contributed by atoms with Crippen LogP contribution < -0.4 is 9.64 Å². The van der Waals surface area contributed by atoms with Gasteiger partial charge in [-0.05, 0) is 50.8 Å². The van der Waals surface area contributed by atoms with Gasteiger partial charge in [-0.2, -0.15) is 0 Å². The van der Waals surface area contributed by atoms with Crippen LogP contribution in [0.25, 0.3) is 0 Å². The third-order valence-electron chi connectivity index (χ3n) is 7.11. The number of hydrogen-bond donors (Lipinski definition) is 1. The average molecular weight is 451 g/mol. The number of fused-ring (bicyclic) bond motifs is 1. The van der Waals surface area contributed by atoms with Crippen molar-refractivity contribution in [1.29, 1.82) is 0 Å². The molecule has 1 amide bonds. The van der Waals surface area contributed by atoms with Crippen LogP contribution >= 0.6 is 0 Å². The number of piperidine rings is 1. The molecule has 3 aliphatic heterocycles. The van der Waals surface area contributed by atoms with Gasteiger partial charge in [-0.25, -0.2) is 4.98 Å². The van der Waals surface area contributed by atoms with Crippen molar-refractivity contribution in [1.82, 2.24) is 14.8 Å². The fraction of sp³-hybridized carbons (Fsp3) is 0.538. The highest BCUT2D eigenvalue weighted by Gasteiger charge is 2.35. The number of carbonyl (C=O) groups excluding carboxylic acids is 1. The van der Waals surface area contributed by atoms with E-state index in [9.17, 15) is 9.90 Å². The first kappa shape index (κ1) is 22.0. The van der Waals surface area contributed by atoms with Crippen molar-refractivity contribution >= 4 is 11.7 Å². The number of pyridine rings is 1. The monoisotopic (exact) mass is 450 g/mol. The third kappa shape index (κ3) is 4.64. The van der Waals surface area contributed by atoms with Gasteiger partial charge in [0.25, 0.3) is 5.91 Å². The number of carbonyl (C=O) groups is 1. The van der Waals surface area contributed by atoms with Crippen LogP contribution in [-0.4, -0.2) is 77.2 Å². The van der Waals surface area contributed by atoms with Crippen LogP contribution in [0, 0.1) is 5.92 Å². The number of anilines is 1. The minimum absolute atomic E-state index is 0.00385. The Kier molecular flexibility index (Phi) is 5.91. The maximum atomic E-state index is 13.3. The third-order valence-corrected chi connectivity index (χ3v) is 7.11. The zero-order valence-corrected chi connectivity index (χ0v) is 19.7. The normalized spacial score (nSPS) is 22.7. The van der Waals surface area contributed by atoms with Gasteiger partial charge in [-0.15, -0.1) is 0 Å². The average Bonchev–Trinajstić information content (AvgIpc) is 3.15. The van der Waals surface area contributed by atoms with Crippen molar-refractivity contribution in [2.45, 2.75) is 38.7 Å². The summed E-state index contributed by atoms with van der Waals surface area (Å²) in [6.45, 7) is 10.5. The van der Waals surface area contributed by atoms with Crippen LogP contribution in [-0.2, 0) is 6.42 Å². The summed E-state index contributed by atoms with van der Waals surface area (Å²) in [5.41, 5.74) is 0.977. The first-order valence-corrected chi connectivity index (χ1v) is 12.1. The number of rotatable bonds is 4. The van der Waals surface area contributed by atoms with E-state index in [2.05, 4.69) is 20.9 Å². The van der Waals surface area contributed by atoms with E-state index in [0.717, 1.165) is 76.5 Å². The summed E-state index contributed by atoms with van der Waals surface area (Å²) < 4.78 is 5.93. The number of phenolic OH excluding ortho intramolecular Hbond substituents is 1. The largest absolute Gasteiger partial charge is 0.504 e. The first-order chi connectivity index (χ1) is 15.9. The molecule has 1 aromatic carbocycles. The molecule has 2 fully saturated rings. The molecule has 0 saturated carbocycles. The van der Waals surface area contributed by atoms with Gasteiger partial charge in [0.05, 0.1) is 5.56 Å². The summed E-state index contributed by atoms with van der Waals surface area (Å²) in [6.07, 6.45) is 4.72. The number of benzene rings is 1. The summed E-state index contributed by atoms with van der Waals surface area (Å²) in [4.78, 5) is 24.5. The first-order valence-electron chi connectivity index (χ1n) is 12.1. The van der Waals surface area contributed by atoms with Crippen molar-refractivity contribution in [2.24, 2.45) is 5.92 Å². The molecular weight excluding hydrogens is 416 g/mol. The molecule has 176 valence electrons. The molecule has 1 unspecified atom stereocenters. The number of ether oxygens (including phenoxy) is 1. The van der Waals surface area contributed by atoms with Gasteiger partial charge >= 0.3 is 0 Å². The van der Waals surface area contributed by atoms with Crippen molar-refractivity contribution in [3.05, 3.63) is 47.7 Å². The van der Waals surface area contributed by atoms with E-state index in [1.807, 2.05) is 43.1 Å². The second-order valence-corrected chi connectivity index (χ2v) is 10.2. The van der Waals surface area contributed by atoms with Crippen molar-refractivity contribution < 1.29 is 14.6 Å². The molecule has 0 aliphatic carbocycles.